The first-order chi connectivity index (χ1) is 10.1. The van der Waals surface area contributed by atoms with Crippen molar-refractivity contribution in [3.05, 3.63) is 35.6 Å². The van der Waals surface area contributed by atoms with Gasteiger partial charge in [-0.05, 0) is 43.4 Å². The van der Waals surface area contributed by atoms with Gasteiger partial charge in [0.15, 0.2) is 0 Å². The van der Waals surface area contributed by atoms with Crippen LogP contribution >= 0.6 is 0 Å². The van der Waals surface area contributed by atoms with Crippen LogP contribution in [0.15, 0.2) is 24.3 Å². The molecule has 0 bridgehead atoms. The van der Waals surface area contributed by atoms with Gasteiger partial charge < -0.3 is 14.7 Å². The van der Waals surface area contributed by atoms with Crippen molar-refractivity contribution in [1.82, 2.24) is 4.90 Å². The van der Waals surface area contributed by atoms with E-state index in [4.69, 9.17) is 4.74 Å². The number of hydrogen-bond donors (Lipinski definition) is 1. The van der Waals surface area contributed by atoms with Gasteiger partial charge in [0, 0.05) is 19.7 Å². The Balaban J connectivity index is 1.65. The van der Waals surface area contributed by atoms with Crippen molar-refractivity contribution in [2.45, 2.75) is 37.4 Å². The van der Waals surface area contributed by atoms with Crippen molar-refractivity contribution < 1.29 is 19.0 Å². The van der Waals surface area contributed by atoms with Crippen LogP contribution in [0.4, 0.5) is 4.39 Å². The number of rotatable bonds is 2. The molecule has 114 valence electrons. The van der Waals surface area contributed by atoms with E-state index in [1.807, 2.05) is 0 Å². The normalized spacial score (nSPS) is 25.0. The molecule has 5 heteroatoms. The third-order valence-corrected chi connectivity index (χ3v) is 4.47. The van der Waals surface area contributed by atoms with Crippen LogP contribution in [0.25, 0.3) is 0 Å². The predicted molar refractivity (Wildman–Crippen MR) is 75.1 cm³/mol. The lowest BCUT2D eigenvalue weighted by atomic mass is 9.84. The molecule has 1 aromatic rings. The fourth-order valence-electron chi connectivity index (χ4n) is 3.14. The molecule has 2 aliphatic heterocycles. The number of hydrogen-bond acceptors (Lipinski definition) is 3. The van der Waals surface area contributed by atoms with Crippen LogP contribution in [0.3, 0.4) is 0 Å². The lowest BCUT2D eigenvalue weighted by molar-refractivity contribution is -0.145. The van der Waals surface area contributed by atoms with E-state index in [2.05, 4.69) is 0 Å². The third kappa shape index (κ3) is 2.94. The molecule has 0 unspecified atom stereocenters. The molecule has 1 amide bonds. The van der Waals surface area contributed by atoms with Crippen molar-refractivity contribution in [3.63, 3.8) is 0 Å². The number of benzene rings is 1. The van der Waals surface area contributed by atoms with Gasteiger partial charge in [0.25, 0.3) is 5.91 Å². The minimum atomic E-state index is -1.05. The highest BCUT2D eigenvalue weighted by Crippen LogP contribution is 2.33. The number of piperidine rings is 1. The summed E-state index contributed by atoms with van der Waals surface area (Å²) in [7, 11) is 0. The van der Waals surface area contributed by atoms with Crippen LogP contribution in [0.1, 0.15) is 31.2 Å². The van der Waals surface area contributed by atoms with Crippen LogP contribution in [0.2, 0.25) is 0 Å². The average molecular weight is 293 g/mol. The summed E-state index contributed by atoms with van der Waals surface area (Å²) in [6, 6.07) is 6.08. The van der Waals surface area contributed by atoms with Crippen molar-refractivity contribution in [2.75, 3.05) is 19.7 Å². The summed E-state index contributed by atoms with van der Waals surface area (Å²) in [5.74, 6) is -0.326. The van der Waals surface area contributed by atoms with Gasteiger partial charge in [-0.3, -0.25) is 4.79 Å². The Kier molecular flexibility index (Phi) is 3.95. The molecule has 21 heavy (non-hydrogen) atoms. The summed E-state index contributed by atoms with van der Waals surface area (Å²) in [6.45, 7) is 1.61. The van der Waals surface area contributed by atoms with Gasteiger partial charge in [-0.2, -0.15) is 0 Å². The van der Waals surface area contributed by atoms with Gasteiger partial charge in [-0.15, -0.1) is 0 Å². The second-order valence-electron chi connectivity index (χ2n) is 5.87. The van der Waals surface area contributed by atoms with Gasteiger partial charge in [-0.25, -0.2) is 4.39 Å². The van der Waals surface area contributed by atoms with Gasteiger partial charge in [0.05, 0.1) is 5.60 Å². The predicted octanol–water partition coefficient (Wildman–Crippen LogP) is 1.81. The largest absolute Gasteiger partial charge is 0.385 e. The smallest absolute Gasteiger partial charge is 0.251 e. The average Bonchev–Trinajstić information content (AvgIpc) is 3.02. The molecular formula is C16H20FNO3. The summed E-state index contributed by atoms with van der Waals surface area (Å²) < 4.78 is 18.7. The van der Waals surface area contributed by atoms with E-state index < -0.39 is 5.60 Å². The molecule has 0 saturated carbocycles. The van der Waals surface area contributed by atoms with E-state index in [1.54, 1.807) is 17.0 Å². The standard InChI is InChI=1S/C16H20FNO3/c17-13-4-1-3-12(11-13)16(20)6-8-18(9-7-16)15(19)14-5-2-10-21-14/h1,3-4,11,14,20H,2,5-10H2/t14-/m1/s1. The quantitative estimate of drug-likeness (QED) is 0.905. The summed E-state index contributed by atoms with van der Waals surface area (Å²) >= 11 is 0. The number of likely N-dealkylation sites (tertiary alicyclic amines) is 1. The summed E-state index contributed by atoms with van der Waals surface area (Å²) in [4.78, 5) is 14.0. The Labute approximate surface area is 123 Å². The minimum Gasteiger partial charge on any atom is -0.385 e. The second kappa shape index (κ2) is 5.73. The zero-order valence-corrected chi connectivity index (χ0v) is 11.9. The minimum absolute atomic E-state index is 0.0220. The first-order valence-corrected chi connectivity index (χ1v) is 7.47. The number of aliphatic hydroxyl groups is 1. The summed E-state index contributed by atoms with van der Waals surface area (Å²) in [5, 5.41) is 10.7. The first-order valence-electron chi connectivity index (χ1n) is 7.47. The zero-order chi connectivity index (χ0) is 14.9. The van der Waals surface area contributed by atoms with E-state index >= 15 is 0 Å². The fourth-order valence-corrected chi connectivity index (χ4v) is 3.14. The molecule has 2 saturated heterocycles. The molecule has 1 aromatic carbocycles. The second-order valence-corrected chi connectivity index (χ2v) is 5.87. The molecule has 4 nitrogen and oxygen atoms in total. The maximum Gasteiger partial charge on any atom is 0.251 e. The van der Waals surface area contributed by atoms with E-state index in [1.165, 1.54) is 12.1 Å². The Hall–Kier alpha value is -1.46. The Morgan fingerprint density at radius 1 is 1.38 bits per heavy atom. The van der Waals surface area contributed by atoms with Gasteiger partial charge in [-0.1, -0.05) is 12.1 Å². The summed E-state index contributed by atoms with van der Waals surface area (Å²) in [5.41, 5.74) is -0.457. The number of carbonyl (C=O) groups is 1. The zero-order valence-electron chi connectivity index (χ0n) is 11.9. The van der Waals surface area contributed by atoms with Gasteiger partial charge in [0.2, 0.25) is 0 Å². The van der Waals surface area contributed by atoms with Crippen LogP contribution < -0.4 is 0 Å². The van der Waals surface area contributed by atoms with E-state index in [0.717, 1.165) is 12.8 Å². The van der Waals surface area contributed by atoms with Crippen LogP contribution in [-0.4, -0.2) is 41.7 Å². The number of nitrogens with zero attached hydrogens (tertiary/aromatic N) is 1. The highest BCUT2D eigenvalue weighted by atomic mass is 19.1. The van der Waals surface area contributed by atoms with Crippen LogP contribution in [0, 0.1) is 5.82 Å². The van der Waals surface area contributed by atoms with Crippen LogP contribution in [-0.2, 0) is 15.1 Å². The van der Waals surface area contributed by atoms with E-state index in [-0.39, 0.29) is 17.8 Å². The van der Waals surface area contributed by atoms with Crippen molar-refractivity contribution in [2.24, 2.45) is 0 Å². The molecule has 1 atom stereocenters. The first kappa shape index (κ1) is 14.5. The van der Waals surface area contributed by atoms with Crippen LogP contribution in [0.5, 0.6) is 0 Å². The maximum absolute atomic E-state index is 13.3. The van der Waals surface area contributed by atoms with Gasteiger partial charge in [0.1, 0.15) is 11.9 Å². The van der Waals surface area contributed by atoms with E-state index in [0.29, 0.717) is 38.1 Å². The van der Waals surface area contributed by atoms with Gasteiger partial charge >= 0.3 is 0 Å². The Morgan fingerprint density at radius 2 is 2.14 bits per heavy atom. The van der Waals surface area contributed by atoms with E-state index in [9.17, 15) is 14.3 Å². The number of halogens is 1. The molecule has 0 aliphatic carbocycles. The number of carbonyl (C=O) groups excluding carboxylic acids is 1. The lowest BCUT2D eigenvalue weighted by Crippen LogP contribution is -2.48. The maximum atomic E-state index is 13.3. The SMILES string of the molecule is O=C([C@H]1CCCO1)N1CCC(O)(c2cccc(F)c2)CC1. The molecule has 2 aliphatic rings. The lowest BCUT2D eigenvalue weighted by Gasteiger charge is -2.39. The molecular weight excluding hydrogens is 273 g/mol. The molecule has 0 spiro atoms. The molecule has 2 heterocycles. The number of ether oxygens (including phenoxy) is 1. The molecule has 2 fully saturated rings. The monoisotopic (exact) mass is 293 g/mol. The third-order valence-electron chi connectivity index (χ3n) is 4.47. The van der Waals surface area contributed by atoms with Crippen molar-refractivity contribution >= 4 is 5.91 Å². The molecule has 1 N–H and O–H groups in total. The molecule has 0 aromatic heterocycles. The molecule has 3 rings (SSSR count). The highest BCUT2D eigenvalue weighted by molar-refractivity contribution is 5.81. The fraction of sp³-hybridized carbons (Fsp3) is 0.562. The number of amides is 1. The topological polar surface area (TPSA) is 49.8 Å². The molecule has 0 radical (unpaired) electrons. The highest BCUT2D eigenvalue weighted by Gasteiger charge is 2.37. The Bertz CT molecular complexity index is 520. The van der Waals surface area contributed by atoms with Crippen molar-refractivity contribution in [1.29, 1.82) is 0 Å². The summed E-state index contributed by atoms with van der Waals surface area (Å²) in [6.07, 6.45) is 2.25. The van der Waals surface area contributed by atoms with Crippen molar-refractivity contribution in [3.8, 4) is 0 Å². The Morgan fingerprint density at radius 3 is 2.76 bits per heavy atom.